The van der Waals surface area contributed by atoms with Crippen LogP contribution in [0.1, 0.15) is 31.4 Å². The van der Waals surface area contributed by atoms with Crippen LogP contribution in [0.25, 0.3) is 0 Å². The Hall–Kier alpha value is -1.55. The van der Waals surface area contributed by atoms with Gasteiger partial charge in [-0.05, 0) is 31.4 Å². The topological polar surface area (TPSA) is 64.3 Å². The van der Waals surface area contributed by atoms with Gasteiger partial charge in [0.15, 0.2) is 0 Å². The first kappa shape index (κ1) is 15.5. The van der Waals surface area contributed by atoms with Gasteiger partial charge in [0, 0.05) is 23.7 Å². The Labute approximate surface area is 115 Å². The molecule has 0 aliphatic carbocycles. The van der Waals surface area contributed by atoms with E-state index in [0.717, 1.165) is 22.6 Å². The molecule has 3 N–H and O–H groups in total. The van der Waals surface area contributed by atoms with E-state index in [0.29, 0.717) is 12.3 Å². The molecule has 0 bridgehead atoms. The predicted molar refractivity (Wildman–Crippen MR) is 78.5 cm³/mol. The van der Waals surface area contributed by atoms with Crippen LogP contribution in [0.2, 0.25) is 0 Å². The van der Waals surface area contributed by atoms with E-state index in [1.54, 1.807) is 7.11 Å². The summed E-state index contributed by atoms with van der Waals surface area (Å²) in [6.45, 7) is 7.94. The van der Waals surface area contributed by atoms with Gasteiger partial charge in [0.05, 0.1) is 7.11 Å². The van der Waals surface area contributed by atoms with Crippen molar-refractivity contribution in [2.75, 3.05) is 12.4 Å². The molecule has 1 amide bonds. The minimum atomic E-state index is -0.118. The van der Waals surface area contributed by atoms with E-state index in [9.17, 15) is 4.79 Å². The average Bonchev–Trinajstić information content (AvgIpc) is 2.33. The SMILES string of the molecule is COc1c(C)ccc(NC(=O)CC(N)C(C)C)c1C. The zero-order chi connectivity index (χ0) is 14.6. The molecule has 4 nitrogen and oxygen atoms in total. The number of nitrogens with one attached hydrogen (secondary N) is 1. The molecule has 1 rings (SSSR count). The average molecular weight is 264 g/mol. The van der Waals surface area contributed by atoms with E-state index in [-0.39, 0.29) is 11.9 Å². The minimum Gasteiger partial charge on any atom is -0.496 e. The van der Waals surface area contributed by atoms with Gasteiger partial charge in [0.25, 0.3) is 0 Å². The summed E-state index contributed by atoms with van der Waals surface area (Å²) >= 11 is 0. The fourth-order valence-electron chi connectivity index (χ4n) is 1.93. The first-order valence-electron chi connectivity index (χ1n) is 6.56. The van der Waals surface area contributed by atoms with E-state index in [4.69, 9.17) is 10.5 Å². The zero-order valence-corrected chi connectivity index (χ0v) is 12.4. The molecular formula is C15H24N2O2. The Morgan fingerprint density at radius 1 is 1.37 bits per heavy atom. The van der Waals surface area contributed by atoms with E-state index >= 15 is 0 Å². The number of methoxy groups -OCH3 is 1. The summed E-state index contributed by atoms with van der Waals surface area (Å²) < 4.78 is 5.34. The molecule has 106 valence electrons. The van der Waals surface area contributed by atoms with Crippen LogP contribution in [0.5, 0.6) is 5.75 Å². The molecule has 0 aromatic heterocycles. The minimum absolute atomic E-state index is 0.0600. The molecule has 0 saturated carbocycles. The second kappa shape index (κ2) is 6.57. The van der Waals surface area contributed by atoms with E-state index < -0.39 is 0 Å². The maximum atomic E-state index is 11.9. The number of anilines is 1. The fourth-order valence-corrected chi connectivity index (χ4v) is 1.93. The van der Waals surface area contributed by atoms with Gasteiger partial charge in [0.2, 0.25) is 5.91 Å². The van der Waals surface area contributed by atoms with Crippen LogP contribution < -0.4 is 15.8 Å². The molecule has 1 aromatic rings. The lowest BCUT2D eigenvalue weighted by Crippen LogP contribution is -2.31. The lowest BCUT2D eigenvalue weighted by atomic mass is 10.0. The summed E-state index contributed by atoms with van der Waals surface area (Å²) in [5.41, 5.74) is 8.68. The number of nitrogens with two attached hydrogens (primary N) is 1. The maximum Gasteiger partial charge on any atom is 0.225 e. The van der Waals surface area contributed by atoms with E-state index in [1.807, 2.05) is 39.8 Å². The Morgan fingerprint density at radius 2 is 2.00 bits per heavy atom. The second-order valence-electron chi connectivity index (χ2n) is 5.25. The van der Waals surface area contributed by atoms with E-state index in [2.05, 4.69) is 5.32 Å². The van der Waals surface area contributed by atoms with Gasteiger partial charge in [-0.25, -0.2) is 0 Å². The van der Waals surface area contributed by atoms with Crippen LogP contribution in [0.3, 0.4) is 0 Å². The molecule has 0 saturated heterocycles. The summed E-state index contributed by atoms with van der Waals surface area (Å²) in [6, 6.07) is 3.71. The first-order chi connectivity index (χ1) is 8.86. The second-order valence-corrected chi connectivity index (χ2v) is 5.25. The molecule has 1 unspecified atom stereocenters. The summed E-state index contributed by atoms with van der Waals surface area (Å²) in [6.07, 6.45) is 0.327. The molecule has 1 aromatic carbocycles. The van der Waals surface area contributed by atoms with Crippen LogP contribution in [-0.2, 0) is 4.79 Å². The highest BCUT2D eigenvalue weighted by atomic mass is 16.5. The van der Waals surface area contributed by atoms with Crippen molar-refractivity contribution in [3.63, 3.8) is 0 Å². The van der Waals surface area contributed by atoms with Crippen LogP contribution in [0.15, 0.2) is 12.1 Å². The maximum absolute atomic E-state index is 11.9. The number of carbonyl (C=O) groups excluding carboxylic acids is 1. The van der Waals surface area contributed by atoms with Crippen molar-refractivity contribution >= 4 is 11.6 Å². The van der Waals surface area contributed by atoms with E-state index in [1.165, 1.54) is 0 Å². The fraction of sp³-hybridized carbons (Fsp3) is 0.533. The van der Waals surface area contributed by atoms with Gasteiger partial charge < -0.3 is 15.8 Å². The van der Waals surface area contributed by atoms with Gasteiger partial charge in [-0.1, -0.05) is 19.9 Å². The predicted octanol–water partition coefficient (Wildman–Crippen LogP) is 2.62. The number of aryl methyl sites for hydroxylation is 1. The highest BCUT2D eigenvalue weighted by Gasteiger charge is 2.15. The molecule has 0 aliphatic heterocycles. The Bertz CT molecular complexity index is 456. The highest BCUT2D eigenvalue weighted by molar-refractivity contribution is 5.92. The standard InChI is InChI=1S/C15H24N2O2/c1-9(2)12(16)8-14(18)17-13-7-6-10(3)15(19-5)11(13)4/h6-7,9,12H,8,16H2,1-5H3,(H,17,18). The Morgan fingerprint density at radius 3 is 2.53 bits per heavy atom. The molecule has 0 fully saturated rings. The third-order valence-electron chi connectivity index (χ3n) is 3.36. The Balaban J connectivity index is 2.80. The third kappa shape index (κ3) is 3.96. The smallest absolute Gasteiger partial charge is 0.225 e. The van der Waals surface area contributed by atoms with Crippen LogP contribution in [-0.4, -0.2) is 19.1 Å². The summed E-state index contributed by atoms with van der Waals surface area (Å²) in [4.78, 5) is 11.9. The molecule has 4 heteroatoms. The Kier molecular flexibility index (Phi) is 5.36. The molecule has 0 spiro atoms. The quantitative estimate of drug-likeness (QED) is 0.859. The lowest BCUT2D eigenvalue weighted by molar-refractivity contribution is -0.116. The van der Waals surface area contributed by atoms with Crippen molar-refractivity contribution in [2.24, 2.45) is 11.7 Å². The molecular weight excluding hydrogens is 240 g/mol. The van der Waals surface area contributed by atoms with Gasteiger partial charge in [-0.3, -0.25) is 4.79 Å². The van der Waals surface area contributed by atoms with Crippen molar-refractivity contribution in [3.05, 3.63) is 23.3 Å². The summed E-state index contributed by atoms with van der Waals surface area (Å²) in [5.74, 6) is 1.04. The number of carbonyl (C=O) groups is 1. The van der Waals surface area contributed by atoms with Crippen LogP contribution in [0, 0.1) is 19.8 Å². The monoisotopic (exact) mass is 264 g/mol. The lowest BCUT2D eigenvalue weighted by Gasteiger charge is -2.17. The number of amides is 1. The number of hydrogen-bond acceptors (Lipinski definition) is 3. The highest BCUT2D eigenvalue weighted by Crippen LogP contribution is 2.29. The van der Waals surface area contributed by atoms with Crippen molar-refractivity contribution < 1.29 is 9.53 Å². The first-order valence-corrected chi connectivity index (χ1v) is 6.56. The zero-order valence-electron chi connectivity index (χ0n) is 12.4. The largest absolute Gasteiger partial charge is 0.496 e. The third-order valence-corrected chi connectivity index (χ3v) is 3.36. The van der Waals surface area contributed by atoms with Crippen LogP contribution >= 0.6 is 0 Å². The molecule has 0 aliphatic rings. The number of benzene rings is 1. The van der Waals surface area contributed by atoms with Gasteiger partial charge in [-0.2, -0.15) is 0 Å². The number of hydrogen-bond donors (Lipinski definition) is 2. The molecule has 19 heavy (non-hydrogen) atoms. The van der Waals surface area contributed by atoms with Crippen molar-refractivity contribution in [2.45, 2.75) is 40.2 Å². The van der Waals surface area contributed by atoms with Gasteiger partial charge >= 0.3 is 0 Å². The molecule has 0 radical (unpaired) electrons. The van der Waals surface area contributed by atoms with Gasteiger partial charge in [0.1, 0.15) is 5.75 Å². The normalized spacial score (nSPS) is 12.4. The summed E-state index contributed by atoms with van der Waals surface area (Å²) in [5, 5.41) is 2.90. The van der Waals surface area contributed by atoms with Crippen molar-refractivity contribution in [1.29, 1.82) is 0 Å². The van der Waals surface area contributed by atoms with Crippen LogP contribution in [0.4, 0.5) is 5.69 Å². The van der Waals surface area contributed by atoms with Crippen molar-refractivity contribution in [3.8, 4) is 5.75 Å². The van der Waals surface area contributed by atoms with Crippen molar-refractivity contribution in [1.82, 2.24) is 0 Å². The summed E-state index contributed by atoms with van der Waals surface area (Å²) in [7, 11) is 1.63. The number of ether oxygens (including phenoxy) is 1. The molecule has 1 atom stereocenters. The van der Waals surface area contributed by atoms with Gasteiger partial charge in [-0.15, -0.1) is 0 Å². The number of rotatable bonds is 5. The molecule has 0 heterocycles.